The lowest BCUT2D eigenvalue weighted by atomic mass is 9.81. The Morgan fingerprint density at radius 3 is 2.60 bits per heavy atom. The van der Waals surface area contributed by atoms with Gasteiger partial charge in [0.25, 0.3) is 5.91 Å². The number of para-hydroxylation sites is 1. The van der Waals surface area contributed by atoms with E-state index in [1.54, 1.807) is 6.92 Å². The number of nitrogens with one attached hydrogen (secondary N) is 1. The van der Waals surface area contributed by atoms with Gasteiger partial charge in [0.2, 0.25) is 5.95 Å². The number of nitrogens with zero attached hydrogens (tertiary/aromatic N) is 2. The van der Waals surface area contributed by atoms with E-state index in [9.17, 15) is 9.18 Å². The van der Waals surface area contributed by atoms with Gasteiger partial charge < -0.3 is 5.32 Å². The minimum absolute atomic E-state index is 0.0134. The lowest BCUT2D eigenvalue weighted by Crippen LogP contribution is -2.16. The minimum atomic E-state index is -0.626. The van der Waals surface area contributed by atoms with Gasteiger partial charge in [-0.15, -0.1) is 0 Å². The van der Waals surface area contributed by atoms with Crippen LogP contribution in [0.15, 0.2) is 30.8 Å². The van der Waals surface area contributed by atoms with Crippen LogP contribution in [0.4, 0.5) is 10.1 Å². The predicted octanol–water partition coefficient (Wildman–Crippen LogP) is 4.71. The van der Waals surface area contributed by atoms with E-state index < -0.39 is 11.9 Å². The third-order valence-corrected chi connectivity index (χ3v) is 5.00. The Bertz CT molecular complexity index is 803. The van der Waals surface area contributed by atoms with Crippen molar-refractivity contribution in [3.8, 4) is 0 Å². The average molecular weight is 341 g/mol. The fourth-order valence-electron chi connectivity index (χ4n) is 3.62. The van der Waals surface area contributed by atoms with Crippen LogP contribution in [0.5, 0.6) is 0 Å². The van der Waals surface area contributed by atoms with Gasteiger partial charge in [-0.1, -0.05) is 44.0 Å². The monoisotopic (exact) mass is 341 g/mol. The summed E-state index contributed by atoms with van der Waals surface area (Å²) < 4.78 is 15.2. The average Bonchev–Trinajstić information content (AvgIpc) is 2.87. The summed E-state index contributed by atoms with van der Waals surface area (Å²) >= 11 is 0. The fraction of sp³-hybridized carbons (Fsp3) is 0.400. The van der Waals surface area contributed by atoms with Gasteiger partial charge in [-0.3, -0.25) is 4.79 Å². The molecule has 0 radical (unpaired) electrons. The van der Waals surface area contributed by atoms with Gasteiger partial charge in [0.15, 0.2) is 0 Å². The number of benzene rings is 1. The molecule has 0 spiro atoms. The van der Waals surface area contributed by atoms with Crippen molar-refractivity contribution >= 4 is 17.2 Å². The maximum absolute atomic E-state index is 14.1. The van der Waals surface area contributed by atoms with Crippen molar-refractivity contribution in [2.45, 2.75) is 39.0 Å². The van der Waals surface area contributed by atoms with Crippen LogP contribution in [0.25, 0.3) is 5.57 Å². The molecule has 5 heteroatoms. The highest BCUT2D eigenvalue weighted by Gasteiger charge is 2.23. The molecule has 1 aromatic carbocycles. The van der Waals surface area contributed by atoms with E-state index in [2.05, 4.69) is 17.0 Å². The van der Waals surface area contributed by atoms with Crippen LogP contribution in [-0.4, -0.2) is 15.7 Å². The second kappa shape index (κ2) is 7.21. The molecule has 4 nitrogen and oxygen atoms in total. The van der Waals surface area contributed by atoms with E-state index >= 15 is 0 Å². The van der Waals surface area contributed by atoms with Crippen molar-refractivity contribution in [3.63, 3.8) is 0 Å². The number of hydrogen-bond acceptors (Lipinski definition) is 2. The topological polar surface area (TPSA) is 46.9 Å². The summed E-state index contributed by atoms with van der Waals surface area (Å²) in [7, 11) is 1.48. The molecule has 0 aliphatic heterocycles. The largest absolute Gasteiger partial charge is 0.321 e. The maximum Gasteiger partial charge on any atom is 0.262 e. The Labute approximate surface area is 147 Å². The second-order valence-electron chi connectivity index (χ2n) is 6.73. The third kappa shape index (κ3) is 3.50. The number of amides is 1. The van der Waals surface area contributed by atoms with E-state index in [-0.39, 0.29) is 5.56 Å². The molecule has 0 bridgehead atoms. The van der Waals surface area contributed by atoms with Crippen LogP contribution in [-0.2, 0) is 7.05 Å². The van der Waals surface area contributed by atoms with Crippen LogP contribution >= 0.6 is 0 Å². The van der Waals surface area contributed by atoms with E-state index in [1.165, 1.54) is 26.3 Å². The van der Waals surface area contributed by atoms with Gasteiger partial charge in [0.05, 0.1) is 5.69 Å². The SMILES string of the molecule is C=C(c1ccccc1NC(=O)c1c(C)nn(C)c1F)C1CCCCC1. The zero-order valence-corrected chi connectivity index (χ0v) is 14.8. The fourth-order valence-corrected chi connectivity index (χ4v) is 3.62. The molecule has 1 aliphatic rings. The summed E-state index contributed by atoms with van der Waals surface area (Å²) in [4.78, 5) is 12.6. The number of hydrogen-bond donors (Lipinski definition) is 1. The van der Waals surface area contributed by atoms with Gasteiger partial charge in [0, 0.05) is 18.3 Å². The number of halogens is 1. The molecule has 1 N–H and O–H groups in total. The maximum atomic E-state index is 14.1. The number of allylic oxidation sites excluding steroid dienone is 1. The second-order valence-corrected chi connectivity index (χ2v) is 6.73. The molecule has 0 atom stereocenters. The molecule has 0 unspecified atom stereocenters. The van der Waals surface area contributed by atoms with Gasteiger partial charge >= 0.3 is 0 Å². The van der Waals surface area contributed by atoms with Crippen molar-refractivity contribution in [1.29, 1.82) is 0 Å². The highest BCUT2D eigenvalue weighted by molar-refractivity contribution is 6.06. The van der Waals surface area contributed by atoms with E-state index in [0.29, 0.717) is 17.3 Å². The first-order valence-electron chi connectivity index (χ1n) is 8.77. The van der Waals surface area contributed by atoms with Crippen molar-refractivity contribution in [3.05, 3.63) is 53.6 Å². The first kappa shape index (κ1) is 17.4. The van der Waals surface area contributed by atoms with Gasteiger partial charge in [-0.2, -0.15) is 9.49 Å². The Morgan fingerprint density at radius 2 is 1.96 bits per heavy atom. The molecular formula is C20H24FN3O. The number of aryl methyl sites for hydroxylation is 2. The molecule has 1 amide bonds. The zero-order valence-electron chi connectivity index (χ0n) is 14.8. The summed E-state index contributed by atoms with van der Waals surface area (Å²) in [5.41, 5.74) is 3.02. The van der Waals surface area contributed by atoms with Gasteiger partial charge in [-0.05, 0) is 37.3 Å². The Hall–Kier alpha value is -2.43. The molecule has 0 saturated heterocycles. The van der Waals surface area contributed by atoms with Crippen molar-refractivity contribution < 1.29 is 9.18 Å². The molecule has 1 saturated carbocycles. The molecule has 1 aromatic heterocycles. The van der Waals surface area contributed by atoms with Crippen LogP contribution in [0.2, 0.25) is 0 Å². The Kier molecular flexibility index (Phi) is 5.02. The Balaban J connectivity index is 1.86. The predicted molar refractivity (Wildman–Crippen MR) is 97.9 cm³/mol. The summed E-state index contributed by atoms with van der Waals surface area (Å²) in [5.74, 6) is -0.658. The molecule has 132 valence electrons. The number of aromatic nitrogens is 2. The van der Waals surface area contributed by atoms with Crippen LogP contribution in [0.3, 0.4) is 0 Å². The van der Waals surface area contributed by atoms with Crippen LogP contribution in [0, 0.1) is 18.8 Å². The molecule has 3 rings (SSSR count). The standard InChI is InChI=1S/C20H24FN3O/c1-13(15-9-5-4-6-10-15)16-11-7-8-12-17(16)22-20(25)18-14(2)23-24(3)19(18)21/h7-8,11-12,15H,1,4-6,9-10H2,2-3H3,(H,22,25). The van der Waals surface area contributed by atoms with E-state index in [4.69, 9.17) is 0 Å². The molecule has 1 fully saturated rings. The van der Waals surface area contributed by atoms with Crippen molar-refractivity contribution in [1.82, 2.24) is 9.78 Å². The normalized spacial score (nSPS) is 15.2. The summed E-state index contributed by atoms with van der Waals surface area (Å²) in [6.45, 7) is 5.92. The first-order chi connectivity index (χ1) is 12.0. The summed E-state index contributed by atoms with van der Waals surface area (Å²) in [6.07, 6.45) is 5.99. The summed E-state index contributed by atoms with van der Waals surface area (Å²) in [6, 6.07) is 7.61. The summed E-state index contributed by atoms with van der Waals surface area (Å²) in [5, 5.41) is 6.82. The first-order valence-corrected chi connectivity index (χ1v) is 8.77. The molecule has 2 aromatic rings. The highest BCUT2D eigenvalue weighted by Crippen LogP contribution is 2.37. The van der Waals surface area contributed by atoms with Crippen molar-refractivity contribution in [2.24, 2.45) is 13.0 Å². The number of anilines is 1. The van der Waals surface area contributed by atoms with Crippen molar-refractivity contribution in [2.75, 3.05) is 5.32 Å². The number of rotatable bonds is 4. The Morgan fingerprint density at radius 1 is 1.28 bits per heavy atom. The smallest absolute Gasteiger partial charge is 0.262 e. The molecule has 1 aliphatic carbocycles. The lowest BCUT2D eigenvalue weighted by Gasteiger charge is -2.25. The van der Waals surface area contributed by atoms with Gasteiger partial charge in [0.1, 0.15) is 5.56 Å². The molecule has 25 heavy (non-hydrogen) atoms. The lowest BCUT2D eigenvalue weighted by molar-refractivity contribution is 0.102. The number of carbonyl (C=O) groups excluding carboxylic acids is 1. The molecular weight excluding hydrogens is 317 g/mol. The van der Waals surface area contributed by atoms with Gasteiger partial charge in [-0.25, -0.2) is 4.68 Å². The van der Waals surface area contributed by atoms with E-state index in [0.717, 1.165) is 28.7 Å². The van der Waals surface area contributed by atoms with E-state index in [1.807, 2.05) is 24.3 Å². The minimum Gasteiger partial charge on any atom is -0.321 e. The molecule has 1 heterocycles. The van der Waals surface area contributed by atoms with Crippen LogP contribution < -0.4 is 5.32 Å². The highest BCUT2D eigenvalue weighted by atomic mass is 19.1. The quantitative estimate of drug-likeness (QED) is 0.875. The zero-order chi connectivity index (χ0) is 18.0. The van der Waals surface area contributed by atoms with Crippen LogP contribution in [0.1, 0.15) is 53.7 Å². The number of carbonyl (C=O) groups is 1. The third-order valence-electron chi connectivity index (χ3n) is 5.00.